The van der Waals surface area contributed by atoms with Crippen LogP contribution in [-0.4, -0.2) is 153 Å². The van der Waals surface area contributed by atoms with Crippen LogP contribution >= 0.6 is 0 Å². The van der Waals surface area contributed by atoms with Gasteiger partial charge in [-0.15, -0.1) is 0 Å². The van der Waals surface area contributed by atoms with E-state index in [1.165, 1.54) is 19.1 Å². The number of hydrogen-bond donors (Lipinski definition) is 5. The Bertz CT molecular complexity index is 2310. The van der Waals surface area contributed by atoms with Crippen molar-refractivity contribution in [3.8, 4) is 0 Å². The van der Waals surface area contributed by atoms with Crippen molar-refractivity contribution < 1.29 is 72.1 Å². The third kappa shape index (κ3) is 39.6. The smallest absolute Gasteiger partial charge is 0.253 e. The first kappa shape index (κ1) is 76.4. The molecule has 1 aliphatic heterocycles. The molecule has 0 aromatic heterocycles. The van der Waals surface area contributed by atoms with Crippen LogP contribution in [0, 0.1) is 17.8 Å². The molecule has 0 saturated carbocycles. The Morgan fingerprint density at radius 2 is 1.12 bits per heavy atom. The average molecular weight is 1190 g/mol. The largest absolute Gasteiger partial charge is 0.396 e. The number of nitrogens with zero attached hydrogens (tertiary/aromatic N) is 1. The van der Waals surface area contributed by atoms with E-state index in [4.69, 9.17) is 19.3 Å². The molecule has 20 heteroatoms. The number of carbonyl (C=O) groups excluding carboxylic acids is 11. The molecular weight excluding hydrogens is 1090 g/mol. The fraction of sp³-hybridized carbons (Fsp3) is 0.615. The number of ketones is 5. The fourth-order valence-electron chi connectivity index (χ4n) is 8.59. The number of nitrogens with one attached hydrogen (secondary N) is 4. The summed E-state index contributed by atoms with van der Waals surface area (Å²) in [5.41, 5.74) is 1.90. The Morgan fingerprint density at radius 3 is 1.68 bits per heavy atom. The van der Waals surface area contributed by atoms with Crippen LogP contribution in [0.4, 0.5) is 0 Å². The van der Waals surface area contributed by atoms with Gasteiger partial charge in [0.25, 0.3) is 11.8 Å². The van der Waals surface area contributed by atoms with Gasteiger partial charge in [-0.25, -0.2) is 0 Å². The molecule has 2 aromatic carbocycles. The molecule has 0 fully saturated rings. The van der Waals surface area contributed by atoms with Gasteiger partial charge in [-0.1, -0.05) is 101 Å². The third-order valence-corrected chi connectivity index (χ3v) is 13.4. The Kier molecular flexibility index (Phi) is 43.7. The molecule has 0 spiro atoms. The number of methoxy groups -OCH3 is 1. The van der Waals surface area contributed by atoms with E-state index in [-0.39, 0.29) is 135 Å². The van der Waals surface area contributed by atoms with E-state index in [9.17, 15) is 52.7 Å². The molecule has 1 aliphatic rings. The van der Waals surface area contributed by atoms with E-state index < -0.39 is 17.9 Å². The summed E-state index contributed by atoms with van der Waals surface area (Å²) < 4.78 is 15.6. The van der Waals surface area contributed by atoms with Crippen LogP contribution in [0.5, 0.6) is 0 Å². The maximum absolute atomic E-state index is 13.3. The second kappa shape index (κ2) is 48.6. The van der Waals surface area contributed by atoms with Crippen molar-refractivity contribution in [2.75, 3.05) is 72.9 Å². The van der Waals surface area contributed by atoms with Crippen LogP contribution in [0.1, 0.15) is 161 Å². The topological polar surface area (TPSA) is 287 Å². The lowest BCUT2D eigenvalue weighted by molar-refractivity contribution is -0.137. The van der Waals surface area contributed by atoms with E-state index in [1.807, 2.05) is 81.4 Å². The Balaban J connectivity index is 0.000000663. The normalized spacial score (nSPS) is 12.7. The fourth-order valence-corrected chi connectivity index (χ4v) is 8.59. The molecule has 3 rings (SSSR count). The van der Waals surface area contributed by atoms with Crippen LogP contribution in [0.25, 0.3) is 0 Å². The van der Waals surface area contributed by atoms with Crippen LogP contribution in [0.3, 0.4) is 0 Å². The van der Waals surface area contributed by atoms with Gasteiger partial charge >= 0.3 is 0 Å². The zero-order chi connectivity index (χ0) is 63.0. The first-order valence-electron chi connectivity index (χ1n) is 30.4. The molecule has 0 radical (unpaired) electrons. The molecule has 1 heterocycles. The zero-order valence-electron chi connectivity index (χ0n) is 51.6. The quantitative estimate of drug-likeness (QED) is 0.0341. The molecule has 5 N–H and O–H groups in total. The molecule has 20 nitrogen and oxygen atoms in total. The highest BCUT2D eigenvalue weighted by molar-refractivity contribution is 6.13. The van der Waals surface area contributed by atoms with Gasteiger partial charge in [-0.05, 0) is 88.2 Å². The minimum absolute atomic E-state index is 0.00324. The Hall–Kier alpha value is -6.61. The maximum atomic E-state index is 13.3. The van der Waals surface area contributed by atoms with Gasteiger partial charge in [0.1, 0.15) is 11.6 Å². The van der Waals surface area contributed by atoms with Gasteiger partial charge in [0.2, 0.25) is 23.6 Å². The summed E-state index contributed by atoms with van der Waals surface area (Å²) in [5.74, 6) is -3.09. The molecular formula is C65H99N5O15. The van der Waals surface area contributed by atoms with E-state index in [0.717, 1.165) is 73.8 Å². The van der Waals surface area contributed by atoms with Gasteiger partial charge in [0, 0.05) is 122 Å². The lowest BCUT2D eigenvalue weighted by Crippen LogP contribution is -2.46. The zero-order valence-corrected chi connectivity index (χ0v) is 51.6. The number of hydrogen-bond acceptors (Lipinski definition) is 15. The minimum atomic E-state index is -0.728. The van der Waals surface area contributed by atoms with Gasteiger partial charge in [-0.3, -0.25) is 52.8 Å². The Labute approximate surface area is 504 Å². The first-order chi connectivity index (χ1) is 40.8. The predicted octanol–water partition coefficient (Wildman–Crippen LogP) is 6.69. The molecule has 3 unspecified atom stereocenters. The number of unbranched alkanes of at least 4 members (excludes halogenated alkanes) is 5. The van der Waals surface area contributed by atoms with E-state index >= 15 is 0 Å². The molecule has 3 atom stereocenters. The van der Waals surface area contributed by atoms with Crippen molar-refractivity contribution in [3.05, 3.63) is 83.9 Å². The summed E-state index contributed by atoms with van der Waals surface area (Å²) >= 11 is 0. The van der Waals surface area contributed by atoms with Crippen molar-refractivity contribution in [2.24, 2.45) is 17.8 Å². The maximum Gasteiger partial charge on any atom is 0.253 e. The number of aliphatic hydroxyl groups is 1. The number of amides is 6. The highest BCUT2D eigenvalue weighted by atomic mass is 16.5. The van der Waals surface area contributed by atoms with Crippen molar-refractivity contribution in [3.63, 3.8) is 0 Å². The van der Waals surface area contributed by atoms with E-state index in [0.29, 0.717) is 71.7 Å². The molecule has 2 aromatic rings. The second-order valence-electron chi connectivity index (χ2n) is 21.5. The molecule has 85 heavy (non-hydrogen) atoms. The number of ether oxygens (including phenoxy) is 3. The summed E-state index contributed by atoms with van der Waals surface area (Å²) in [7, 11) is 1.62. The average Bonchev–Trinajstić information content (AvgIpc) is 4.05. The summed E-state index contributed by atoms with van der Waals surface area (Å²) in [5, 5.41) is 19.6. The molecule has 474 valence electrons. The summed E-state index contributed by atoms with van der Waals surface area (Å²) in [4.78, 5) is 134. The second-order valence-corrected chi connectivity index (χ2v) is 21.5. The lowest BCUT2D eigenvalue weighted by Gasteiger charge is -2.23. The summed E-state index contributed by atoms with van der Waals surface area (Å²) in [6, 6.07) is 18.2. The molecule has 0 bridgehead atoms. The summed E-state index contributed by atoms with van der Waals surface area (Å²) in [6.45, 7) is 13.1. The van der Waals surface area contributed by atoms with Crippen molar-refractivity contribution in [1.82, 2.24) is 26.2 Å². The highest BCUT2D eigenvalue weighted by Crippen LogP contribution is 2.17. The number of aliphatic hydroxyl groups excluding tert-OH is 1. The Morgan fingerprint density at radius 1 is 0.565 bits per heavy atom. The SMILES string of the molecule is CC(=O)CC(Cc1ccccc1)C(=O)NCC(=O)CCCCCOCCCCO.CCCCNC(=O)CCC(=O)C(CC(C)C)NC(=O)C(CC(=O)CNC(=O)CC)Cc1ccccc1.COCCOCCCCC(=O)CCN1C(=O)C=CC1=O. The van der Waals surface area contributed by atoms with E-state index in [1.54, 1.807) is 14.0 Å². The highest BCUT2D eigenvalue weighted by Gasteiger charge is 2.29. The number of benzene rings is 2. The van der Waals surface area contributed by atoms with Crippen LogP contribution in [0.15, 0.2) is 72.8 Å². The van der Waals surface area contributed by atoms with Crippen LogP contribution in [-0.2, 0) is 79.8 Å². The number of carbonyl (C=O) groups is 11. The predicted molar refractivity (Wildman–Crippen MR) is 325 cm³/mol. The standard InChI is InChI=1S/C28H43N3O5.C23H35NO5.C14H21NO5/c1-5-7-15-29-27(35)14-13-25(33)24(16-20(3)4)31-28(36)22(17-21-11-9-8-10-12-21)18-23(32)19-30-26(34)6-2;1-19(26)16-21(17-20-10-4-2-5-11-20)23(28)24-18-22(27)12-6-3-8-14-29-15-9-7-13-25;1-19-10-11-20-9-3-2-4-12(16)7-8-15-13(17)5-6-14(15)18/h8-12,20,22,24H,5-7,13-19H2,1-4H3,(H,29,35)(H,30,34)(H,31,36);2,4-5,10-11,21,25H,3,6-9,12-18H2,1H3,(H,24,28);5-6H,2-4,7-11H2,1H3. The van der Waals surface area contributed by atoms with Gasteiger partial charge < -0.3 is 45.4 Å². The minimum Gasteiger partial charge on any atom is -0.396 e. The van der Waals surface area contributed by atoms with Crippen LogP contribution < -0.4 is 21.3 Å². The van der Waals surface area contributed by atoms with Gasteiger partial charge in [0.05, 0.1) is 32.3 Å². The summed E-state index contributed by atoms with van der Waals surface area (Å²) in [6.07, 6.45) is 13.0. The molecule has 6 amide bonds. The van der Waals surface area contributed by atoms with Gasteiger partial charge in [-0.2, -0.15) is 0 Å². The van der Waals surface area contributed by atoms with Crippen molar-refractivity contribution >= 4 is 64.4 Å². The molecule has 0 aliphatic carbocycles. The van der Waals surface area contributed by atoms with Crippen LogP contribution in [0.2, 0.25) is 0 Å². The van der Waals surface area contributed by atoms with E-state index in [2.05, 4.69) is 21.3 Å². The van der Waals surface area contributed by atoms with Crippen molar-refractivity contribution in [1.29, 1.82) is 0 Å². The van der Waals surface area contributed by atoms with Gasteiger partial charge in [0.15, 0.2) is 17.3 Å². The number of Topliss-reactive ketones (excluding diaryl/α,β-unsaturated/α-hetero) is 5. The number of imide groups is 1. The molecule has 0 saturated heterocycles. The number of rotatable bonds is 46. The van der Waals surface area contributed by atoms with Crippen molar-refractivity contribution in [2.45, 2.75) is 169 Å². The monoisotopic (exact) mass is 1190 g/mol. The first-order valence-corrected chi connectivity index (χ1v) is 30.4. The lowest BCUT2D eigenvalue weighted by atomic mass is 9.91. The third-order valence-electron chi connectivity index (χ3n) is 13.4.